The van der Waals surface area contributed by atoms with Crippen molar-refractivity contribution < 1.29 is 25.2 Å². The molecule has 8 heteroatoms. The minimum absolute atomic E-state index is 0.0198. The average Bonchev–Trinajstić information content (AvgIpc) is 2.26. The Morgan fingerprint density at radius 1 is 0.714 bits per heavy atom. The molecule has 0 N–H and O–H groups in total. The number of rotatable bonds is 12. The molecular formula is C13H28O6S2. The lowest BCUT2D eigenvalue weighted by Gasteiger charge is -2.08. The summed E-state index contributed by atoms with van der Waals surface area (Å²) in [7, 11) is -7.31. The van der Waals surface area contributed by atoms with Gasteiger partial charge in [-0.05, 0) is 31.1 Å². The molecule has 128 valence electrons. The van der Waals surface area contributed by atoms with Gasteiger partial charge in [0.05, 0.1) is 24.7 Å². The maximum atomic E-state index is 11.5. The summed E-state index contributed by atoms with van der Waals surface area (Å²) in [6.45, 7) is 8.15. The quantitative estimate of drug-likeness (QED) is 0.504. The summed E-state index contributed by atoms with van der Waals surface area (Å²) < 4.78 is 55.8. The Kier molecular flexibility index (Phi) is 9.68. The second kappa shape index (κ2) is 9.76. The van der Waals surface area contributed by atoms with Crippen LogP contribution in [0.4, 0.5) is 0 Å². The van der Waals surface area contributed by atoms with Crippen molar-refractivity contribution in [3.63, 3.8) is 0 Å². The largest absolute Gasteiger partial charge is 0.270 e. The maximum absolute atomic E-state index is 11.5. The van der Waals surface area contributed by atoms with Gasteiger partial charge in [0.25, 0.3) is 20.2 Å². The van der Waals surface area contributed by atoms with E-state index in [1.54, 1.807) is 0 Å². The highest BCUT2D eigenvalue weighted by molar-refractivity contribution is 7.87. The zero-order valence-electron chi connectivity index (χ0n) is 13.4. The number of hydrogen-bond donors (Lipinski definition) is 0. The summed E-state index contributed by atoms with van der Waals surface area (Å²) in [5, 5.41) is 0. The molecule has 0 aromatic rings. The van der Waals surface area contributed by atoms with Crippen LogP contribution in [0.3, 0.4) is 0 Å². The summed E-state index contributed by atoms with van der Waals surface area (Å²) in [5.74, 6) is 0.0975. The van der Waals surface area contributed by atoms with Crippen molar-refractivity contribution in [3.05, 3.63) is 0 Å². The molecule has 6 nitrogen and oxygen atoms in total. The van der Waals surface area contributed by atoms with E-state index in [-0.39, 0.29) is 31.1 Å². The van der Waals surface area contributed by atoms with Crippen molar-refractivity contribution in [3.8, 4) is 0 Å². The van der Waals surface area contributed by atoms with E-state index in [0.717, 1.165) is 0 Å². The monoisotopic (exact) mass is 344 g/mol. The zero-order valence-corrected chi connectivity index (χ0v) is 15.0. The molecule has 0 aromatic carbocycles. The Morgan fingerprint density at radius 2 is 1.05 bits per heavy atom. The molecule has 0 fully saturated rings. The van der Waals surface area contributed by atoms with Crippen molar-refractivity contribution >= 4 is 20.2 Å². The summed E-state index contributed by atoms with van der Waals surface area (Å²) in [6.07, 6.45) is 1.28. The lowest BCUT2D eigenvalue weighted by Crippen LogP contribution is -2.18. The van der Waals surface area contributed by atoms with Crippen LogP contribution in [0.2, 0.25) is 0 Å². The topological polar surface area (TPSA) is 86.7 Å². The Balaban J connectivity index is 3.99. The molecule has 0 spiro atoms. The molecule has 0 rings (SSSR count). The molecule has 0 radical (unpaired) electrons. The van der Waals surface area contributed by atoms with Crippen LogP contribution in [0.25, 0.3) is 0 Å². The third-order valence-electron chi connectivity index (χ3n) is 2.70. The fourth-order valence-corrected chi connectivity index (χ4v) is 3.47. The molecular weight excluding hydrogens is 316 g/mol. The SMILES string of the molecule is CC(C)CCOS(=O)(=O)CCCS(=O)(=O)OCCC(C)C. The second-order valence-electron chi connectivity index (χ2n) is 5.89. The van der Waals surface area contributed by atoms with Gasteiger partial charge in [-0.2, -0.15) is 16.8 Å². The summed E-state index contributed by atoms with van der Waals surface area (Å²) in [6, 6.07) is 0. The van der Waals surface area contributed by atoms with Gasteiger partial charge < -0.3 is 0 Å². The fourth-order valence-electron chi connectivity index (χ4n) is 1.35. The molecule has 0 bridgehead atoms. The van der Waals surface area contributed by atoms with E-state index in [1.807, 2.05) is 27.7 Å². The maximum Gasteiger partial charge on any atom is 0.267 e. The van der Waals surface area contributed by atoms with E-state index in [9.17, 15) is 16.8 Å². The van der Waals surface area contributed by atoms with Crippen LogP contribution in [0.1, 0.15) is 47.0 Å². The predicted octanol–water partition coefficient (Wildman–Crippen LogP) is 2.16. The van der Waals surface area contributed by atoms with Crippen LogP contribution in [-0.4, -0.2) is 41.6 Å². The van der Waals surface area contributed by atoms with Gasteiger partial charge in [0.2, 0.25) is 0 Å². The Hall–Kier alpha value is -0.180. The molecule has 0 unspecified atom stereocenters. The molecule has 0 aliphatic carbocycles. The molecule has 0 aromatic heterocycles. The minimum atomic E-state index is -3.65. The molecule has 0 atom stereocenters. The smallest absolute Gasteiger partial charge is 0.267 e. The standard InChI is InChI=1S/C13H28O6S2/c1-12(2)6-8-18-20(14,15)10-5-11-21(16,17)19-9-7-13(3)4/h12-13H,5-11H2,1-4H3. The molecule has 0 heterocycles. The van der Waals surface area contributed by atoms with Crippen molar-refractivity contribution in [2.45, 2.75) is 47.0 Å². The number of hydrogen-bond acceptors (Lipinski definition) is 6. The van der Waals surface area contributed by atoms with E-state index in [2.05, 4.69) is 0 Å². The van der Waals surface area contributed by atoms with E-state index < -0.39 is 20.2 Å². The van der Waals surface area contributed by atoms with E-state index in [0.29, 0.717) is 24.7 Å². The Bertz CT molecular complexity index is 421. The Labute approximate surface area is 129 Å². The van der Waals surface area contributed by atoms with Gasteiger partial charge in [-0.3, -0.25) is 8.37 Å². The van der Waals surface area contributed by atoms with Crippen LogP contribution in [0.5, 0.6) is 0 Å². The van der Waals surface area contributed by atoms with Gasteiger partial charge >= 0.3 is 0 Å². The second-order valence-corrected chi connectivity index (χ2v) is 9.40. The minimum Gasteiger partial charge on any atom is -0.270 e. The van der Waals surface area contributed by atoms with E-state index in [1.165, 1.54) is 0 Å². The summed E-state index contributed by atoms with van der Waals surface area (Å²) in [5.41, 5.74) is 0. The first-order chi connectivity index (χ1) is 9.54. The Morgan fingerprint density at radius 3 is 1.33 bits per heavy atom. The normalized spacial score (nSPS) is 13.2. The van der Waals surface area contributed by atoms with Crippen LogP contribution < -0.4 is 0 Å². The van der Waals surface area contributed by atoms with Gasteiger partial charge in [-0.15, -0.1) is 0 Å². The van der Waals surface area contributed by atoms with Gasteiger partial charge in [-0.25, -0.2) is 0 Å². The van der Waals surface area contributed by atoms with E-state index >= 15 is 0 Å². The first-order valence-electron chi connectivity index (χ1n) is 7.28. The van der Waals surface area contributed by atoms with Crippen LogP contribution in [0.15, 0.2) is 0 Å². The first kappa shape index (κ1) is 20.8. The van der Waals surface area contributed by atoms with Crippen molar-refractivity contribution in [2.75, 3.05) is 24.7 Å². The highest BCUT2D eigenvalue weighted by Gasteiger charge is 2.16. The highest BCUT2D eigenvalue weighted by atomic mass is 32.2. The average molecular weight is 344 g/mol. The lowest BCUT2D eigenvalue weighted by molar-refractivity contribution is 0.290. The lowest BCUT2D eigenvalue weighted by atomic mass is 10.2. The summed E-state index contributed by atoms with van der Waals surface area (Å²) in [4.78, 5) is 0. The van der Waals surface area contributed by atoms with E-state index in [4.69, 9.17) is 8.37 Å². The van der Waals surface area contributed by atoms with Gasteiger partial charge in [-0.1, -0.05) is 27.7 Å². The molecule has 0 aliphatic rings. The third-order valence-corrected chi connectivity index (χ3v) is 5.33. The van der Waals surface area contributed by atoms with Crippen molar-refractivity contribution in [2.24, 2.45) is 11.8 Å². The van der Waals surface area contributed by atoms with Gasteiger partial charge in [0.1, 0.15) is 0 Å². The zero-order chi connectivity index (χ0) is 16.5. The van der Waals surface area contributed by atoms with Crippen molar-refractivity contribution in [1.29, 1.82) is 0 Å². The van der Waals surface area contributed by atoms with Gasteiger partial charge in [0.15, 0.2) is 0 Å². The molecule has 0 saturated carbocycles. The van der Waals surface area contributed by atoms with Crippen LogP contribution in [-0.2, 0) is 28.6 Å². The molecule has 0 amide bonds. The highest BCUT2D eigenvalue weighted by Crippen LogP contribution is 2.06. The molecule has 0 saturated heterocycles. The van der Waals surface area contributed by atoms with Crippen LogP contribution >= 0.6 is 0 Å². The third kappa shape index (κ3) is 13.2. The fraction of sp³-hybridized carbons (Fsp3) is 1.00. The van der Waals surface area contributed by atoms with Gasteiger partial charge in [0, 0.05) is 0 Å². The molecule has 0 aliphatic heterocycles. The predicted molar refractivity (Wildman–Crippen MR) is 83.0 cm³/mol. The van der Waals surface area contributed by atoms with Crippen molar-refractivity contribution in [1.82, 2.24) is 0 Å². The molecule has 21 heavy (non-hydrogen) atoms. The first-order valence-corrected chi connectivity index (χ1v) is 10.4. The van der Waals surface area contributed by atoms with Crippen LogP contribution in [0, 0.1) is 11.8 Å². The summed E-state index contributed by atoms with van der Waals surface area (Å²) >= 11 is 0.